The van der Waals surface area contributed by atoms with E-state index in [9.17, 15) is 13.2 Å². The van der Waals surface area contributed by atoms with E-state index in [1.807, 2.05) is 0 Å². The molecule has 0 aliphatic rings. The Morgan fingerprint density at radius 2 is 1.78 bits per heavy atom. The van der Waals surface area contributed by atoms with Crippen molar-refractivity contribution in [3.05, 3.63) is 63.9 Å². The van der Waals surface area contributed by atoms with Gasteiger partial charge in [0.05, 0.1) is 4.47 Å². The van der Waals surface area contributed by atoms with Gasteiger partial charge in [-0.05, 0) is 34.1 Å². The first-order chi connectivity index (χ1) is 8.58. The first-order valence-electron chi connectivity index (χ1n) is 5.08. The van der Waals surface area contributed by atoms with Crippen LogP contribution in [-0.4, -0.2) is 0 Å². The van der Waals surface area contributed by atoms with Gasteiger partial charge in [0.1, 0.15) is 18.2 Å². The van der Waals surface area contributed by atoms with Gasteiger partial charge in [0.25, 0.3) is 0 Å². The standard InChI is InChI=1S/C13H8BrF3O/c14-10-5-4-9(6-12(10)16)18-7-8-2-1-3-11(15)13(8)17/h1-6H,7H2. The van der Waals surface area contributed by atoms with Gasteiger partial charge in [0.15, 0.2) is 11.6 Å². The maximum absolute atomic E-state index is 13.3. The largest absolute Gasteiger partial charge is 0.489 e. The van der Waals surface area contributed by atoms with Crippen LogP contribution in [0.15, 0.2) is 40.9 Å². The van der Waals surface area contributed by atoms with Crippen LogP contribution in [0, 0.1) is 17.5 Å². The Labute approximate surface area is 110 Å². The fraction of sp³-hybridized carbons (Fsp3) is 0.0769. The normalized spacial score (nSPS) is 10.4. The average Bonchev–Trinajstić information content (AvgIpc) is 2.35. The molecule has 0 aromatic heterocycles. The lowest BCUT2D eigenvalue weighted by molar-refractivity contribution is 0.295. The highest BCUT2D eigenvalue weighted by atomic mass is 79.9. The summed E-state index contributed by atoms with van der Waals surface area (Å²) in [6.45, 7) is -0.162. The van der Waals surface area contributed by atoms with E-state index in [4.69, 9.17) is 4.74 Å². The minimum absolute atomic E-state index is 0.0818. The predicted molar refractivity (Wildman–Crippen MR) is 64.8 cm³/mol. The lowest BCUT2D eigenvalue weighted by atomic mass is 10.2. The molecule has 0 radical (unpaired) electrons. The molecule has 5 heteroatoms. The maximum atomic E-state index is 13.3. The van der Waals surface area contributed by atoms with Gasteiger partial charge in [0.2, 0.25) is 0 Å². The Morgan fingerprint density at radius 3 is 2.50 bits per heavy atom. The van der Waals surface area contributed by atoms with Gasteiger partial charge in [-0.15, -0.1) is 0 Å². The zero-order valence-electron chi connectivity index (χ0n) is 9.09. The van der Waals surface area contributed by atoms with E-state index in [0.29, 0.717) is 4.47 Å². The topological polar surface area (TPSA) is 9.23 Å². The molecule has 94 valence electrons. The van der Waals surface area contributed by atoms with Crippen molar-refractivity contribution in [3.8, 4) is 5.75 Å². The zero-order chi connectivity index (χ0) is 13.1. The van der Waals surface area contributed by atoms with Crippen LogP contribution in [-0.2, 0) is 6.61 Å². The van der Waals surface area contributed by atoms with Crippen LogP contribution in [0.4, 0.5) is 13.2 Å². The maximum Gasteiger partial charge on any atom is 0.165 e. The molecule has 2 aromatic carbocycles. The summed E-state index contributed by atoms with van der Waals surface area (Å²) in [5, 5.41) is 0. The van der Waals surface area contributed by atoms with E-state index in [2.05, 4.69) is 15.9 Å². The van der Waals surface area contributed by atoms with E-state index in [-0.39, 0.29) is 17.9 Å². The molecule has 1 nitrogen and oxygen atoms in total. The molecule has 0 N–H and O–H groups in total. The minimum atomic E-state index is -0.949. The van der Waals surface area contributed by atoms with Crippen LogP contribution in [0.5, 0.6) is 5.75 Å². The van der Waals surface area contributed by atoms with Crippen LogP contribution in [0.2, 0.25) is 0 Å². The molecule has 0 aliphatic heterocycles. The molecule has 0 atom stereocenters. The summed E-state index contributed by atoms with van der Waals surface area (Å²) in [6.07, 6.45) is 0. The number of rotatable bonds is 3. The highest BCUT2D eigenvalue weighted by molar-refractivity contribution is 9.10. The van der Waals surface area contributed by atoms with E-state index < -0.39 is 17.5 Å². The van der Waals surface area contributed by atoms with Gasteiger partial charge in [-0.2, -0.15) is 0 Å². The van der Waals surface area contributed by atoms with E-state index in [0.717, 1.165) is 6.07 Å². The molecule has 0 saturated heterocycles. The third-order valence-electron chi connectivity index (χ3n) is 2.32. The number of halogens is 4. The summed E-state index contributed by atoms with van der Waals surface area (Å²) in [4.78, 5) is 0. The van der Waals surface area contributed by atoms with Crippen LogP contribution in [0.1, 0.15) is 5.56 Å². The minimum Gasteiger partial charge on any atom is -0.489 e. The Morgan fingerprint density at radius 1 is 1.00 bits per heavy atom. The molecule has 2 aromatic rings. The SMILES string of the molecule is Fc1cc(OCc2cccc(F)c2F)ccc1Br. The summed E-state index contributed by atoms with van der Waals surface area (Å²) in [5.74, 6) is -2.11. The van der Waals surface area contributed by atoms with Gasteiger partial charge < -0.3 is 4.74 Å². The van der Waals surface area contributed by atoms with E-state index in [1.165, 1.54) is 30.3 Å². The van der Waals surface area contributed by atoms with Crippen LogP contribution in [0.25, 0.3) is 0 Å². The monoisotopic (exact) mass is 316 g/mol. The van der Waals surface area contributed by atoms with E-state index >= 15 is 0 Å². The summed E-state index contributed by atoms with van der Waals surface area (Å²) < 4.78 is 44.9. The Hall–Kier alpha value is -1.49. The van der Waals surface area contributed by atoms with Crippen molar-refractivity contribution in [2.24, 2.45) is 0 Å². The molecular formula is C13H8BrF3O. The van der Waals surface area contributed by atoms with Gasteiger partial charge in [0, 0.05) is 11.6 Å². The second-order valence-electron chi connectivity index (χ2n) is 3.58. The quantitative estimate of drug-likeness (QED) is 0.813. The van der Waals surface area contributed by atoms with E-state index in [1.54, 1.807) is 0 Å². The summed E-state index contributed by atoms with van der Waals surface area (Å²) >= 11 is 3.01. The molecule has 0 amide bonds. The Kier molecular flexibility index (Phi) is 3.91. The number of benzene rings is 2. The zero-order valence-corrected chi connectivity index (χ0v) is 10.7. The van der Waals surface area contributed by atoms with Crippen LogP contribution in [0.3, 0.4) is 0 Å². The fourth-order valence-corrected chi connectivity index (χ4v) is 1.63. The molecule has 0 heterocycles. The molecule has 0 spiro atoms. The second kappa shape index (κ2) is 5.44. The summed E-state index contributed by atoms with van der Waals surface area (Å²) in [7, 11) is 0. The first kappa shape index (κ1) is 13.0. The summed E-state index contributed by atoms with van der Waals surface area (Å²) in [6, 6.07) is 8.00. The highest BCUT2D eigenvalue weighted by Crippen LogP contribution is 2.22. The fourth-order valence-electron chi connectivity index (χ4n) is 1.39. The molecule has 0 saturated carbocycles. The Balaban J connectivity index is 2.11. The van der Waals surface area contributed by atoms with Crippen molar-refractivity contribution in [3.63, 3.8) is 0 Å². The molecule has 0 unspecified atom stereocenters. The van der Waals surface area contributed by atoms with Gasteiger partial charge in [-0.3, -0.25) is 0 Å². The molecule has 2 rings (SSSR count). The van der Waals surface area contributed by atoms with Crippen molar-refractivity contribution in [2.75, 3.05) is 0 Å². The smallest absolute Gasteiger partial charge is 0.165 e. The van der Waals surface area contributed by atoms with Gasteiger partial charge >= 0.3 is 0 Å². The van der Waals surface area contributed by atoms with Crippen molar-refractivity contribution in [1.29, 1.82) is 0 Å². The molecular weight excluding hydrogens is 309 g/mol. The number of ether oxygens (including phenoxy) is 1. The number of hydrogen-bond donors (Lipinski definition) is 0. The second-order valence-corrected chi connectivity index (χ2v) is 4.43. The molecule has 0 bridgehead atoms. The average molecular weight is 317 g/mol. The Bertz CT molecular complexity index is 572. The lowest BCUT2D eigenvalue weighted by Gasteiger charge is -2.08. The number of hydrogen-bond acceptors (Lipinski definition) is 1. The third-order valence-corrected chi connectivity index (χ3v) is 2.96. The molecule has 18 heavy (non-hydrogen) atoms. The molecule has 0 fully saturated rings. The van der Waals surface area contributed by atoms with Crippen LogP contribution >= 0.6 is 15.9 Å². The molecule has 0 aliphatic carbocycles. The van der Waals surface area contributed by atoms with Gasteiger partial charge in [-0.25, -0.2) is 13.2 Å². The van der Waals surface area contributed by atoms with Crippen LogP contribution < -0.4 is 4.74 Å². The predicted octanol–water partition coefficient (Wildman–Crippen LogP) is 4.45. The van der Waals surface area contributed by atoms with Crippen molar-refractivity contribution in [2.45, 2.75) is 6.61 Å². The van der Waals surface area contributed by atoms with Gasteiger partial charge in [-0.1, -0.05) is 12.1 Å². The highest BCUT2D eigenvalue weighted by Gasteiger charge is 2.08. The van der Waals surface area contributed by atoms with Crippen molar-refractivity contribution < 1.29 is 17.9 Å². The summed E-state index contributed by atoms with van der Waals surface area (Å²) in [5.41, 5.74) is 0.0818. The third kappa shape index (κ3) is 2.85. The lowest BCUT2D eigenvalue weighted by Crippen LogP contribution is -2.00. The first-order valence-corrected chi connectivity index (χ1v) is 5.88. The van der Waals surface area contributed by atoms with Crippen molar-refractivity contribution >= 4 is 15.9 Å². The van der Waals surface area contributed by atoms with Crippen molar-refractivity contribution in [1.82, 2.24) is 0 Å².